The molecule has 0 saturated carbocycles. The number of carbonyl (C=O) groups is 1. The van der Waals surface area contributed by atoms with Crippen molar-refractivity contribution in [3.8, 4) is 0 Å². The quantitative estimate of drug-likeness (QED) is 0.811. The molecule has 1 aromatic carbocycles. The molecule has 94 valence electrons. The fraction of sp³-hybridized carbons (Fsp3) is 0.364. The van der Waals surface area contributed by atoms with E-state index in [2.05, 4.69) is 37.2 Å². The average Bonchev–Trinajstić information content (AvgIpc) is 2.27. The first-order valence-corrected chi connectivity index (χ1v) is 6.80. The van der Waals surface area contributed by atoms with Gasteiger partial charge in [-0.2, -0.15) is 0 Å². The number of methoxy groups -OCH3 is 1. The van der Waals surface area contributed by atoms with Crippen molar-refractivity contribution in [2.75, 3.05) is 19.0 Å². The van der Waals surface area contributed by atoms with Gasteiger partial charge in [0.2, 0.25) is 0 Å². The Balaban J connectivity index is 2.75. The highest BCUT2D eigenvalue weighted by atomic mass is 79.9. The summed E-state index contributed by atoms with van der Waals surface area (Å²) in [6, 6.07) is 3.91. The van der Waals surface area contributed by atoms with Crippen molar-refractivity contribution in [2.45, 2.75) is 6.04 Å². The molecular weight excluding hydrogens is 357 g/mol. The van der Waals surface area contributed by atoms with Crippen molar-refractivity contribution in [3.63, 3.8) is 0 Å². The first kappa shape index (κ1) is 14.6. The summed E-state index contributed by atoms with van der Waals surface area (Å²) in [6.45, 7) is 0.396. The molecular formula is C11H12Br2FNO2. The number of nitrogens with one attached hydrogen (secondary N) is 1. The predicted octanol–water partition coefficient (Wildman–Crippen LogP) is 2.73. The van der Waals surface area contributed by atoms with E-state index >= 15 is 0 Å². The van der Waals surface area contributed by atoms with Gasteiger partial charge in [0.05, 0.1) is 12.6 Å². The van der Waals surface area contributed by atoms with Crippen LogP contribution in [0.15, 0.2) is 22.7 Å². The van der Waals surface area contributed by atoms with Crippen LogP contribution in [0.5, 0.6) is 0 Å². The fourth-order valence-corrected chi connectivity index (χ4v) is 2.09. The van der Waals surface area contributed by atoms with Crippen molar-refractivity contribution in [1.82, 2.24) is 5.32 Å². The Morgan fingerprint density at radius 3 is 2.76 bits per heavy atom. The van der Waals surface area contributed by atoms with Gasteiger partial charge in [0.15, 0.2) is 0 Å². The molecule has 1 aromatic rings. The van der Waals surface area contributed by atoms with Crippen LogP contribution in [0.4, 0.5) is 4.39 Å². The second-order valence-corrected chi connectivity index (χ2v) is 5.00. The number of ether oxygens (including phenoxy) is 1. The summed E-state index contributed by atoms with van der Waals surface area (Å²) in [6.07, 6.45) is 0. The molecule has 1 N–H and O–H groups in total. The summed E-state index contributed by atoms with van der Waals surface area (Å²) < 4.78 is 18.6. The maximum Gasteiger partial charge on any atom is 0.251 e. The number of benzene rings is 1. The SMILES string of the molecule is COCC(CBr)NC(=O)c1cc(F)cc(Br)c1. The molecule has 0 aromatic heterocycles. The Bertz CT molecular complexity index is 381. The van der Waals surface area contributed by atoms with Crippen molar-refractivity contribution in [3.05, 3.63) is 34.1 Å². The highest BCUT2D eigenvalue weighted by Crippen LogP contribution is 2.15. The third-order valence-electron chi connectivity index (χ3n) is 2.01. The molecule has 1 unspecified atom stereocenters. The largest absolute Gasteiger partial charge is 0.383 e. The lowest BCUT2D eigenvalue weighted by molar-refractivity contribution is 0.0907. The third kappa shape index (κ3) is 4.73. The van der Waals surface area contributed by atoms with Crippen molar-refractivity contribution in [2.24, 2.45) is 0 Å². The van der Waals surface area contributed by atoms with Crippen molar-refractivity contribution < 1.29 is 13.9 Å². The van der Waals surface area contributed by atoms with Crippen LogP contribution >= 0.6 is 31.9 Å². The van der Waals surface area contributed by atoms with Gasteiger partial charge in [-0.3, -0.25) is 4.79 Å². The standard InChI is InChI=1S/C11H12Br2FNO2/c1-17-6-10(5-12)15-11(16)7-2-8(13)4-9(14)3-7/h2-4,10H,5-6H2,1H3,(H,15,16). The van der Waals surface area contributed by atoms with E-state index in [1.807, 2.05) is 0 Å². The number of rotatable bonds is 5. The van der Waals surface area contributed by atoms with Crippen LogP contribution in [0.25, 0.3) is 0 Å². The Hall–Kier alpha value is -0.460. The van der Waals surface area contributed by atoms with E-state index in [1.54, 1.807) is 13.2 Å². The van der Waals surface area contributed by atoms with E-state index in [-0.39, 0.29) is 17.5 Å². The van der Waals surface area contributed by atoms with Gasteiger partial charge in [-0.15, -0.1) is 0 Å². The first-order valence-electron chi connectivity index (χ1n) is 4.88. The molecule has 1 atom stereocenters. The average molecular weight is 369 g/mol. The minimum atomic E-state index is -0.452. The highest BCUT2D eigenvalue weighted by molar-refractivity contribution is 9.10. The van der Waals surface area contributed by atoms with Gasteiger partial charge >= 0.3 is 0 Å². The van der Waals surface area contributed by atoms with Crippen LogP contribution in [-0.4, -0.2) is 31.0 Å². The summed E-state index contributed by atoms with van der Waals surface area (Å²) in [7, 11) is 1.56. The normalized spacial score (nSPS) is 12.2. The smallest absolute Gasteiger partial charge is 0.251 e. The minimum Gasteiger partial charge on any atom is -0.383 e. The molecule has 1 amide bonds. The summed E-state index contributed by atoms with van der Waals surface area (Å²) in [4.78, 5) is 11.8. The molecule has 0 aliphatic carbocycles. The summed E-state index contributed by atoms with van der Waals surface area (Å²) in [5.74, 6) is -0.779. The zero-order valence-electron chi connectivity index (χ0n) is 9.17. The molecule has 0 heterocycles. The zero-order valence-corrected chi connectivity index (χ0v) is 12.3. The van der Waals surface area contributed by atoms with Gasteiger partial charge in [0.1, 0.15) is 5.82 Å². The molecule has 0 saturated heterocycles. The van der Waals surface area contributed by atoms with Crippen molar-refractivity contribution >= 4 is 37.8 Å². The molecule has 6 heteroatoms. The summed E-state index contributed by atoms with van der Waals surface area (Å²) >= 11 is 6.41. The zero-order chi connectivity index (χ0) is 12.8. The number of halogens is 3. The number of hydrogen-bond donors (Lipinski definition) is 1. The van der Waals surface area contributed by atoms with Gasteiger partial charge in [-0.05, 0) is 18.2 Å². The van der Waals surface area contributed by atoms with E-state index in [0.717, 1.165) is 0 Å². The minimum absolute atomic E-state index is 0.144. The van der Waals surface area contributed by atoms with Crippen LogP contribution in [0.3, 0.4) is 0 Å². The molecule has 17 heavy (non-hydrogen) atoms. The maximum atomic E-state index is 13.1. The number of hydrogen-bond acceptors (Lipinski definition) is 2. The highest BCUT2D eigenvalue weighted by Gasteiger charge is 2.13. The molecule has 0 fully saturated rings. The molecule has 0 radical (unpaired) electrons. The Morgan fingerprint density at radius 1 is 1.53 bits per heavy atom. The molecule has 0 aliphatic heterocycles. The number of carbonyl (C=O) groups excluding carboxylic acids is 1. The van der Waals surface area contributed by atoms with Crippen LogP contribution in [0, 0.1) is 5.82 Å². The molecule has 0 spiro atoms. The van der Waals surface area contributed by atoms with E-state index < -0.39 is 5.82 Å². The van der Waals surface area contributed by atoms with E-state index in [9.17, 15) is 9.18 Å². The first-order chi connectivity index (χ1) is 8.06. The monoisotopic (exact) mass is 367 g/mol. The Morgan fingerprint density at radius 2 is 2.24 bits per heavy atom. The molecule has 1 rings (SSSR count). The van der Waals surface area contributed by atoms with Gasteiger partial charge in [0, 0.05) is 22.5 Å². The van der Waals surface area contributed by atoms with Crippen LogP contribution in [0.2, 0.25) is 0 Å². The summed E-state index contributed by atoms with van der Waals surface area (Å²) in [5.41, 5.74) is 0.277. The maximum absolute atomic E-state index is 13.1. The Labute approximate surface area is 116 Å². The summed E-state index contributed by atoms with van der Waals surface area (Å²) in [5, 5.41) is 3.31. The lowest BCUT2D eigenvalue weighted by atomic mass is 10.2. The van der Waals surface area contributed by atoms with Gasteiger partial charge < -0.3 is 10.1 Å². The number of alkyl halides is 1. The second-order valence-electron chi connectivity index (χ2n) is 3.44. The third-order valence-corrected chi connectivity index (χ3v) is 3.25. The molecule has 3 nitrogen and oxygen atoms in total. The Kier molecular flexibility index (Phi) is 6.08. The van der Waals surface area contributed by atoms with E-state index in [1.165, 1.54) is 12.1 Å². The van der Waals surface area contributed by atoms with E-state index in [0.29, 0.717) is 16.4 Å². The molecule has 0 bridgehead atoms. The van der Waals surface area contributed by atoms with Crippen LogP contribution in [0.1, 0.15) is 10.4 Å². The van der Waals surface area contributed by atoms with Crippen LogP contribution in [-0.2, 0) is 4.74 Å². The second kappa shape index (κ2) is 7.08. The topological polar surface area (TPSA) is 38.3 Å². The van der Waals surface area contributed by atoms with Crippen molar-refractivity contribution in [1.29, 1.82) is 0 Å². The van der Waals surface area contributed by atoms with Gasteiger partial charge in [0.25, 0.3) is 5.91 Å². The van der Waals surface area contributed by atoms with E-state index in [4.69, 9.17) is 4.74 Å². The number of amides is 1. The lowest BCUT2D eigenvalue weighted by Gasteiger charge is -2.15. The van der Waals surface area contributed by atoms with Gasteiger partial charge in [-0.1, -0.05) is 31.9 Å². The molecule has 0 aliphatic rings. The lowest BCUT2D eigenvalue weighted by Crippen LogP contribution is -2.39. The van der Waals surface area contributed by atoms with Gasteiger partial charge in [-0.25, -0.2) is 4.39 Å². The van der Waals surface area contributed by atoms with Crippen LogP contribution < -0.4 is 5.32 Å². The predicted molar refractivity (Wildman–Crippen MR) is 71.0 cm³/mol. The fourth-order valence-electron chi connectivity index (χ4n) is 1.28.